The predicted molar refractivity (Wildman–Crippen MR) is 84.4 cm³/mol. The summed E-state index contributed by atoms with van der Waals surface area (Å²) < 4.78 is 0. The molecular weight excluding hydrogens is 290 g/mol. The first kappa shape index (κ1) is 13.5. The Balaban J connectivity index is 2.21. The molecule has 0 N–H and O–H groups in total. The molecule has 102 valence electrons. The second-order valence-corrected chi connectivity index (χ2v) is 5.98. The third-order valence-electron chi connectivity index (χ3n) is 3.27. The van der Waals surface area contributed by atoms with Crippen molar-refractivity contribution in [3.63, 3.8) is 0 Å². The summed E-state index contributed by atoms with van der Waals surface area (Å²) in [5, 5.41) is 1.48. The van der Waals surface area contributed by atoms with Crippen molar-refractivity contribution in [2.24, 2.45) is 0 Å². The van der Waals surface area contributed by atoms with E-state index < -0.39 is 0 Å². The Morgan fingerprint density at radius 1 is 1.20 bits per heavy atom. The summed E-state index contributed by atoms with van der Waals surface area (Å²) >= 11 is 8.00. The van der Waals surface area contributed by atoms with E-state index in [-0.39, 0.29) is 0 Å². The van der Waals surface area contributed by atoms with Gasteiger partial charge < -0.3 is 0 Å². The second kappa shape index (κ2) is 5.46. The number of halogens is 1. The van der Waals surface area contributed by atoms with E-state index in [2.05, 4.69) is 34.9 Å². The summed E-state index contributed by atoms with van der Waals surface area (Å²) in [4.78, 5) is 15.5. The van der Waals surface area contributed by atoms with Crippen LogP contribution in [0, 0.1) is 0 Å². The molecule has 0 bridgehead atoms. The third kappa shape index (κ3) is 2.30. The molecule has 0 saturated carbocycles. The first-order chi connectivity index (χ1) is 9.72. The van der Waals surface area contributed by atoms with E-state index in [9.17, 15) is 0 Å². The monoisotopic (exact) mass is 303 g/mol. The van der Waals surface area contributed by atoms with Crippen molar-refractivity contribution in [3.05, 3.63) is 40.1 Å². The Labute approximate surface area is 126 Å². The van der Waals surface area contributed by atoms with Gasteiger partial charge in [-0.3, -0.25) is 4.98 Å². The lowest BCUT2D eigenvalue weighted by Crippen LogP contribution is -1.94. The van der Waals surface area contributed by atoms with Gasteiger partial charge >= 0.3 is 0 Å². The number of aromatic nitrogens is 3. The summed E-state index contributed by atoms with van der Waals surface area (Å²) in [7, 11) is 0. The molecule has 3 aromatic rings. The maximum absolute atomic E-state index is 6.32. The van der Waals surface area contributed by atoms with Crippen LogP contribution in [0.2, 0.25) is 5.15 Å². The van der Waals surface area contributed by atoms with E-state index >= 15 is 0 Å². The highest BCUT2D eigenvalue weighted by atomic mass is 35.5. The third-order valence-corrected chi connectivity index (χ3v) is 4.73. The molecule has 0 atom stereocenters. The van der Waals surface area contributed by atoms with Gasteiger partial charge in [0.2, 0.25) is 0 Å². The van der Waals surface area contributed by atoms with E-state index in [1.165, 1.54) is 4.88 Å². The van der Waals surface area contributed by atoms with Gasteiger partial charge in [-0.1, -0.05) is 25.4 Å². The number of fused-ring (bicyclic) bond motifs is 1. The molecule has 0 aliphatic carbocycles. The van der Waals surface area contributed by atoms with Crippen molar-refractivity contribution in [3.8, 4) is 11.4 Å². The number of nitrogens with zero attached hydrogens (tertiary/aromatic N) is 3. The summed E-state index contributed by atoms with van der Waals surface area (Å²) in [5.41, 5.74) is 2.15. The van der Waals surface area contributed by atoms with E-state index in [0.717, 1.165) is 34.2 Å². The molecule has 3 rings (SSSR count). The second-order valence-electron chi connectivity index (χ2n) is 4.51. The van der Waals surface area contributed by atoms with Gasteiger partial charge in [0.15, 0.2) is 5.82 Å². The Hall–Kier alpha value is -1.52. The van der Waals surface area contributed by atoms with Crippen molar-refractivity contribution in [1.29, 1.82) is 0 Å². The molecule has 0 unspecified atom stereocenters. The average Bonchev–Trinajstić information content (AvgIpc) is 2.91. The van der Waals surface area contributed by atoms with Crippen LogP contribution in [-0.4, -0.2) is 15.0 Å². The molecule has 0 amide bonds. The van der Waals surface area contributed by atoms with Crippen molar-refractivity contribution >= 4 is 33.2 Å². The Kier molecular flexibility index (Phi) is 3.68. The zero-order chi connectivity index (χ0) is 14.1. The lowest BCUT2D eigenvalue weighted by molar-refractivity contribution is 1.09. The summed E-state index contributed by atoms with van der Waals surface area (Å²) in [6.07, 6.45) is 5.51. The molecule has 3 heterocycles. The number of aryl methyl sites for hydroxylation is 2. The normalized spacial score (nSPS) is 11.2. The predicted octanol–water partition coefficient (Wildman–Crippen LogP) is 4.53. The molecule has 3 nitrogen and oxygen atoms in total. The molecule has 3 aromatic heterocycles. The maximum Gasteiger partial charge on any atom is 0.162 e. The first-order valence-corrected chi connectivity index (χ1v) is 7.81. The maximum atomic E-state index is 6.32. The molecule has 0 aromatic carbocycles. The number of hydrogen-bond donors (Lipinski definition) is 0. The minimum absolute atomic E-state index is 0.528. The Bertz CT molecular complexity index is 767. The van der Waals surface area contributed by atoms with E-state index in [4.69, 9.17) is 11.6 Å². The zero-order valence-corrected chi connectivity index (χ0v) is 12.9. The minimum Gasteiger partial charge on any atom is -0.264 e. The van der Waals surface area contributed by atoms with Crippen molar-refractivity contribution in [2.45, 2.75) is 26.7 Å². The van der Waals surface area contributed by atoms with Crippen LogP contribution in [0.15, 0.2) is 24.5 Å². The number of thiophene rings is 1. The van der Waals surface area contributed by atoms with Crippen molar-refractivity contribution in [1.82, 2.24) is 15.0 Å². The number of hydrogen-bond acceptors (Lipinski definition) is 4. The quantitative estimate of drug-likeness (QED) is 0.667. The van der Waals surface area contributed by atoms with Crippen LogP contribution < -0.4 is 0 Å². The van der Waals surface area contributed by atoms with E-state index in [1.54, 1.807) is 17.5 Å². The fourth-order valence-corrected chi connectivity index (χ4v) is 3.41. The van der Waals surface area contributed by atoms with Gasteiger partial charge in [-0.2, -0.15) is 0 Å². The van der Waals surface area contributed by atoms with Crippen molar-refractivity contribution in [2.75, 3.05) is 0 Å². The Morgan fingerprint density at radius 3 is 2.80 bits per heavy atom. The van der Waals surface area contributed by atoms with Crippen LogP contribution in [0.1, 0.15) is 24.3 Å². The molecule has 0 saturated heterocycles. The smallest absolute Gasteiger partial charge is 0.162 e. The average molecular weight is 304 g/mol. The molecular formula is C15H14ClN3S. The lowest BCUT2D eigenvalue weighted by atomic mass is 10.1. The Morgan fingerprint density at radius 2 is 2.05 bits per heavy atom. The van der Waals surface area contributed by atoms with Gasteiger partial charge in [0.05, 0.1) is 0 Å². The van der Waals surface area contributed by atoms with Gasteiger partial charge in [0.25, 0.3) is 0 Å². The van der Waals surface area contributed by atoms with Crippen molar-refractivity contribution < 1.29 is 0 Å². The van der Waals surface area contributed by atoms with E-state index in [1.807, 2.05) is 12.3 Å². The highest BCUT2D eigenvalue weighted by Crippen LogP contribution is 2.32. The van der Waals surface area contributed by atoms with Gasteiger partial charge in [0.1, 0.15) is 9.98 Å². The molecule has 0 aliphatic rings. The fraction of sp³-hybridized carbons (Fsp3) is 0.267. The standard InChI is InChI=1S/C15H14ClN3S/c1-3-9-8-17-6-5-11(9)14-18-13(16)12-7-10(4-2)20-15(12)19-14/h5-8H,3-4H2,1-2H3. The van der Waals surface area contributed by atoms with Crippen LogP contribution in [-0.2, 0) is 12.8 Å². The molecule has 5 heteroatoms. The van der Waals surface area contributed by atoms with Gasteiger partial charge in [0, 0.05) is 28.2 Å². The number of rotatable bonds is 3. The summed E-state index contributed by atoms with van der Waals surface area (Å²) in [5.74, 6) is 0.686. The SMILES string of the molecule is CCc1cc2c(Cl)nc(-c3ccncc3CC)nc2s1. The fourth-order valence-electron chi connectivity index (χ4n) is 2.16. The number of pyridine rings is 1. The largest absolute Gasteiger partial charge is 0.264 e. The molecule has 20 heavy (non-hydrogen) atoms. The topological polar surface area (TPSA) is 38.7 Å². The summed E-state index contributed by atoms with van der Waals surface area (Å²) in [6.45, 7) is 4.23. The van der Waals surface area contributed by atoms with Gasteiger partial charge in [-0.15, -0.1) is 11.3 Å². The van der Waals surface area contributed by atoms with Gasteiger partial charge in [-0.05, 0) is 30.5 Å². The minimum atomic E-state index is 0.528. The van der Waals surface area contributed by atoms with Crippen LogP contribution >= 0.6 is 22.9 Å². The van der Waals surface area contributed by atoms with Crippen LogP contribution in [0.5, 0.6) is 0 Å². The van der Waals surface area contributed by atoms with Gasteiger partial charge in [-0.25, -0.2) is 9.97 Å². The van der Waals surface area contributed by atoms with Crippen LogP contribution in [0.4, 0.5) is 0 Å². The highest BCUT2D eigenvalue weighted by molar-refractivity contribution is 7.18. The van der Waals surface area contributed by atoms with Crippen LogP contribution in [0.25, 0.3) is 21.6 Å². The molecule has 0 spiro atoms. The van der Waals surface area contributed by atoms with E-state index in [0.29, 0.717) is 11.0 Å². The molecule has 0 radical (unpaired) electrons. The first-order valence-electron chi connectivity index (χ1n) is 6.62. The highest BCUT2D eigenvalue weighted by Gasteiger charge is 2.13. The molecule has 0 aliphatic heterocycles. The lowest BCUT2D eigenvalue weighted by Gasteiger charge is -2.06. The zero-order valence-electron chi connectivity index (χ0n) is 11.4. The summed E-state index contributed by atoms with van der Waals surface area (Å²) in [6, 6.07) is 4.03. The molecule has 0 fully saturated rings. The van der Waals surface area contributed by atoms with Crippen LogP contribution in [0.3, 0.4) is 0 Å².